The number of aromatic nitrogens is 1. The maximum Gasteiger partial charge on any atom is 0.382 e. The Bertz CT molecular complexity index is 775. The van der Waals surface area contributed by atoms with Gasteiger partial charge in [0.15, 0.2) is 0 Å². The van der Waals surface area contributed by atoms with E-state index in [-0.39, 0.29) is 16.2 Å². The number of halogens is 6. The SMILES string of the molecule is Cc1cc(C)c(S(=O)C(F)C(F)F)cc1-c1cc(C(F)(F)Cl)on1. The molecule has 1 heterocycles. The van der Waals surface area contributed by atoms with Gasteiger partial charge in [0.25, 0.3) is 6.43 Å². The van der Waals surface area contributed by atoms with E-state index in [0.29, 0.717) is 11.1 Å². The van der Waals surface area contributed by atoms with Crippen molar-refractivity contribution >= 4 is 22.4 Å². The summed E-state index contributed by atoms with van der Waals surface area (Å²) < 4.78 is 80.7. The fraction of sp³-hybridized carbons (Fsp3) is 0.357. The van der Waals surface area contributed by atoms with E-state index in [9.17, 15) is 26.2 Å². The summed E-state index contributed by atoms with van der Waals surface area (Å²) in [5, 5.41) is -0.325. The molecule has 0 aliphatic carbocycles. The molecule has 3 nitrogen and oxygen atoms in total. The third kappa shape index (κ3) is 3.77. The van der Waals surface area contributed by atoms with Crippen molar-refractivity contribution in [3.05, 3.63) is 35.1 Å². The van der Waals surface area contributed by atoms with Gasteiger partial charge in [0, 0.05) is 16.5 Å². The van der Waals surface area contributed by atoms with Crippen molar-refractivity contribution in [1.82, 2.24) is 5.16 Å². The summed E-state index contributed by atoms with van der Waals surface area (Å²) in [6.45, 7) is 3.08. The van der Waals surface area contributed by atoms with E-state index in [1.54, 1.807) is 6.92 Å². The first-order valence-corrected chi connectivity index (χ1v) is 8.09. The Morgan fingerprint density at radius 1 is 1.17 bits per heavy atom. The van der Waals surface area contributed by atoms with E-state index in [1.807, 2.05) is 0 Å². The summed E-state index contributed by atoms with van der Waals surface area (Å²) in [4.78, 5) is -0.175. The Labute approximate surface area is 141 Å². The highest BCUT2D eigenvalue weighted by atomic mass is 35.5. The number of benzene rings is 1. The molecule has 0 saturated heterocycles. The van der Waals surface area contributed by atoms with Crippen LogP contribution in [-0.4, -0.2) is 21.3 Å². The Hall–Kier alpha value is -1.48. The molecule has 24 heavy (non-hydrogen) atoms. The molecular weight excluding hydrogens is 377 g/mol. The molecular formula is C14H11ClF5NO2S. The lowest BCUT2D eigenvalue weighted by Crippen LogP contribution is -2.19. The molecule has 2 aromatic rings. The van der Waals surface area contributed by atoms with Crippen LogP contribution < -0.4 is 0 Å². The second kappa shape index (κ2) is 6.79. The van der Waals surface area contributed by atoms with Gasteiger partial charge in [-0.1, -0.05) is 11.2 Å². The average Bonchev–Trinajstić information content (AvgIpc) is 2.95. The molecule has 0 aliphatic rings. The van der Waals surface area contributed by atoms with E-state index >= 15 is 0 Å². The van der Waals surface area contributed by atoms with Crippen molar-refractivity contribution in [1.29, 1.82) is 0 Å². The number of nitrogens with zero attached hydrogens (tertiary/aromatic N) is 1. The zero-order valence-corrected chi connectivity index (χ0v) is 13.9. The van der Waals surface area contributed by atoms with Gasteiger partial charge in [-0.25, -0.2) is 13.2 Å². The summed E-state index contributed by atoms with van der Waals surface area (Å²) >= 11 is 4.83. The quantitative estimate of drug-likeness (QED) is 0.540. The number of alkyl halides is 6. The minimum absolute atomic E-state index is 0.0615. The smallest absolute Gasteiger partial charge is 0.353 e. The van der Waals surface area contributed by atoms with Crippen LogP contribution in [0.15, 0.2) is 27.6 Å². The van der Waals surface area contributed by atoms with E-state index in [4.69, 9.17) is 11.6 Å². The van der Waals surface area contributed by atoms with Gasteiger partial charge in [-0.3, -0.25) is 4.21 Å². The first-order chi connectivity index (χ1) is 11.0. The number of aryl methyl sites for hydroxylation is 2. The lowest BCUT2D eigenvalue weighted by Gasteiger charge is -2.12. The standard InChI is InChI=1S/C14H11ClF5NO2S/c1-6-3-7(2)10(24(22)13(18)12(16)17)4-8(6)9-5-11(23-21-9)14(15,19)20/h3-5,12-13H,1-2H3. The molecule has 0 amide bonds. The van der Waals surface area contributed by atoms with Crippen molar-refractivity contribution < 1.29 is 30.7 Å². The maximum atomic E-state index is 13.4. The monoisotopic (exact) mass is 387 g/mol. The Morgan fingerprint density at radius 3 is 2.29 bits per heavy atom. The molecule has 0 radical (unpaired) electrons. The largest absolute Gasteiger partial charge is 0.382 e. The van der Waals surface area contributed by atoms with Gasteiger partial charge in [-0.05, 0) is 42.6 Å². The highest BCUT2D eigenvalue weighted by Crippen LogP contribution is 2.36. The van der Waals surface area contributed by atoms with Crippen molar-refractivity contribution in [2.24, 2.45) is 0 Å². The van der Waals surface area contributed by atoms with Crippen LogP contribution in [0.25, 0.3) is 11.3 Å². The first kappa shape index (κ1) is 18.9. The number of rotatable bonds is 5. The third-order valence-electron chi connectivity index (χ3n) is 3.21. The average molecular weight is 388 g/mol. The van der Waals surface area contributed by atoms with Crippen LogP contribution in [-0.2, 0) is 16.2 Å². The predicted octanol–water partition coefficient (Wildman–Crippen LogP) is 4.91. The molecule has 0 aliphatic heterocycles. The summed E-state index contributed by atoms with van der Waals surface area (Å²) in [6.07, 6.45) is -3.41. The van der Waals surface area contributed by atoms with Crippen molar-refractivity contribution in [2.75, 3.05) is 0 Å². The zero-order chi connectivity index (χ0) is 18.2. The lowest BCUT2D eigenvalue weighted by molar-refractivity contribution is 0.0610. The first-order valence-electron chi connectivity index (χ1n) is 6.50. The van der Waals surface area contributed by atoms with Gasteiger partial charge >= 0.3 is 5.38 Å². The summed E-state index contributed by atoms with van der Waals surface area (Å²) in [7, 11) is -2.62. The Kier molecular flexibility index (Phi) is 5.34. The summed E-state index contributed by atoms with van der Waals surface area (Å²) in [6, 6.07) is 3.51. The second-order valence-electron chi connectivity index (χ2n) is 4.99. The highest BCUT2D eigenvalue weighted by Gasteiger charge is 2.34. The van der Waals surface area contributed by atoms with Crippen LogP contribution in [0.3, 0.4) is 0 Å². The van der Waals surface area contributed by atoms with Crippen molar-refractivity contribution in [3.63, 3.8) is 0 Å². The van der Waals surface area contributed by atoms with Crippen LogP contribution >= 0.6 is 11.6 Å². The molecule has 2 atom stereocenters. The molecule has 0 saturated carbocycles. The van der Waals surface area contributed by atoms with E-state index in [2.05, 4.69) is 9.68 Å². The van der Waals surface area contributed by atoms with Crippen LogP contribution in [0.5, 0.6) is 0 Å². The lowest BCUT2D eigenvalue weighted by atomic mass is 10.0. The van der Waals surface area contributed by atoms with Crippen molar-refractivity contribution in [3.8, 4) is 11.3 Å². The molecule has 2 rings (SSSR count). The Morgan fingerprint density at radius 2 is 1.79 bits per heavy atom. The van der Waals surface area contributed by atoms with Gasteiger partial charge < -0.3 is 4.52 Å². The van der Waals surface area contributed by atoms with Gasteiger partial charge in [0.1, 0.15) is 5.69 Å². The van der Waals surface area contributed by atoms with E-state index in [0.717, 1.165) is 6.07 Å². The zero-order valence-electron chi connectivity index (χ0n) is 12.3. The molecule has 0 spiro atoms. The van der Waals surface area contributed by atoms with Crippen molar-refractivity contribution in [2.45, 2.75) is 36.1 Å². The molecule has 0 bridgehead atoms. The molecule has 132 valence electrons. The molecule has 10 heteroatoms. The fourth-order valence-corrected chi connectivity index (χ4v) is 3.20. The minimum Gasteiger partial charge on any atom is -0.353 e. The van der Waals surface area contributed by atoms with Gasteiger partial charge in [-0.2, -0.15) is 8.78 Å². The third-order valence-corrected chi connectivity index (χ3v) is 4.88. The highest BCUT2D eigenvalue weighted by molar-refractivity contribution is 7.85. The Balaban J connectivity index is 2.51. The molecule has 0 fully saturated rings. The second-order valence-corrected chi connectivity index (χ2v) is 6.95. The summed E-state index contributed by atoms with van der Waals surface area (Å²) in [5.74, 6) is -0.905. The minimum atomic E-state index is -3.77. The van der Waals surface area contributed by atoms with Crippen LogP contribution in [0, 0.1) is 13.8 Å². The number of hydrogen-bond acceptors (Lipinski definition) is 3. The molecule has 0 N–H and O–H groups in total. The van der Waals surface area contributed by atoms with Crippen LogP contribution in [0.4, 0.5) is 22.0 Å². The maximum absolute atomic E-state index is 13.4. The fourth-order valence-electron chi connectivity index (χ4n) is 2.08. The van der Waals surface area contributed by atoms with Crippen LogP contribution in [0.1, 0.15) is 16.9 Å². The molecule has 2 unspecified atom stereocenters. The number of hydrogen-bond donors (Lipinski definition) is 0. The topological polar surface area (TPSA) is 43.1 Å². The van der Waals surface area contributed by atoms with E-state index < -0.39 is 33.9 Å². The molecule has 1 aromatic heterocycles. The van der Waals surface area contributed by atoms with Gasteiger partial charge in [-0.15, -0.1) is 0 Å². The van der Waals surface area contributed by atoms with Gasteiger partial charge in [0.05, 0.1) is 10.8 Å². The van der Waals surface area contributed by atoms with Gasteiger partial charge in [0.2, 0.25) is 11.3 Å². The normalized spacial score (nSPS) is 14.9. The van der Waals surface area contributed by atoms with Crippen LogP contribution in [0.2, 0.25) is 0 Å². The molecule has 1 aromatic carbocycles. The summed E-state index contributed by atoms with van der Waals surface area (Å²) in [5.41, 5.74) is -1.88. The predicted molar refractivity (Wildman–Crippen MR) is 78.5 cm³/mol. The van der Waals surface area contributed by atoms with E-state index in [1.165, 1.54) is 19.1 Å².